The number of aromatic nitrogens is 1. The van der Waals surface area contributed by atoms with Crippen LogP contribution in [0.1, 0.15) is 45.6 Å². The molecule has 0 aliphatic carbocycles. The van der Waals surface area contributed by atoms with E-state index < -0.39 is 0 Å². The molecular formula is C34H30F2N2O3. The molecule has 0 amide bonds. The molecule has 5 aromatic rings. The molecule has 41 heavy (non-hydrogen) atoms. The Labute approximate surface area is 237 Å². The molecule has 208 valence electrons. The summed E-state index contributed by atoms with van der Waals surface area (Å²) in [5.41, 5.74) is 7.64. The van der Waals surface area contributed by atoms with Gasteiger partial charge in [-0.15, -0.1) is 0 Å². The van der Waals surface area contributed by atoms with Gasteiger partial charge in [0.15, 0.2) is 11.5 Å². The van der Waals surface area contributed by atoms with E-state index in [0.717, 1.165) is 52.9 Å². The van der Waals surface area contributed by atoms with Crippen LogP contribution < -0.4 is 14.2 Å². The van der Waals surface area contributed by atoms with Gasteiger partial charge >= 0.3 is 0 Å². The fraction of sp³-hybridized carbons (Fsp3) is 0.235. The molecule has 0 fully saturated rings. The molecule has 7 rings (SSSR count). The van der Waals surface area contributed by atoms with Crippen molar-refractivity contribution in [3.63, 3.8) is 0 Å². The number of hydrogen-bond acceptors (Lipinski definition) is 4. The van der Waals surface area contributed by atoms with Crippen molar-refractivity contribution in [1.82, 2.24) is 9.88 Å². The number of aromatic amines is 1. The standard InChI is InChI=1S/C34H30F2N2O3/c1-39-25-10-11-29-27(16-25)28-17-30-26-18-31(40-2)32(41-19-20-4-3-5-24(36)14-20)15-22(26)12-13-38(30)34(33(28)37-29)21-6-8-23(35)9-7-21/h3-11,14-16,18,30,34,37H,12-13,17,19H2,1-2H3. The number of hydrogen-bond donors (Lipinski definition) is 1. The summed E-state index contributed by atoms with van der Waals surface area (Å²) in [5, 5.41) is 1.14. The highest BCUT2D eigenvalue weighted by atomic mass is 19.1. The van der Waals surface area contributed by atoms with Crippen LogP contribution in [-0.2, 0) is 19.4 Å². The van der Waals surface area contributed by atoms with Crippen LogP contribution in [0.5, 0.6) is 17.2 Å². The van der Waals surface area contributed by atoms with Crippen LogP contribution in [0.2, 0.25) is 0 Å². The van der Waals surface area contributed by atoms with Gasteiger partial charge in [0.2, 0.25) is 0 Å². The second-order valence-electron chi connectivity index (χ2n) is 10.7. The molecule has 0 saturated heterocycles. The zero-order valence-electron chi connectivity index (χ0n) is 22.9. The van der Waals surface area contributed by atoms with Crippen LogP contribution in [0.4, 0.5) is 8.78 Å². The first-order chi connectivity index (χ1) is 20.0. The van der Waals surface area contributed by atoms with Crippen molar-refractivity contribution >= 4 is 10.9 Å². The van der Waals surface area contributed by atoms with Crippen LogP contribution in [0.3, 0.4) is 0 Å². The maximum Gasteiger partial charge on any atom is 0.161 e. The summed E-state index contributed by atoms with van der Waals surface area (Å²) in [6.45, 7) is 1.07. The van der Waals surface area contributed by atoms with Gasteiger partial charge < -0.3 is 19.2 Å². The molecule has 5 nitrogen and oxygen atoms in total. The fourth-order valence-corrected chi connectivity index (χ4v) is 6.52. The third-order valence-corrected chi connectivity index (χ3v) is 8.44. The van der Waals surface area contributed by atoms with E-state index in [-0.39, 0.29) is 30.3 Å². The minimum atomic E-state index is -0.286. The molecule has 2 aliphatic rings. The van der Waals surface area contributed by atoms with E-state index in [4.69, 9.17) is 14.2 Å². The molecule has 0 spiro atoms. The SMILES string of the molecule is COc1ccc2[nH]c3c(c2c1)CC1c2cc(OC)c(OCc4cccc(F)c4)cc2CCN1C3c1ccc(F)cc1. The summed E-state index contributed by atoms with van der Waals surface area (Å²) in [6.07, 6.45) is 1.63. The molecule has 1 aromatic heterocycles. The molecule has 4 aromatic carbocycles. The lowest BCUT2D eigenvalue weighted by atomic mass is 9.80. The second-order valence-corrected chi connectivity index (χ2v) is 10.7. The van der Waals surface area contributed by atoms with Crippen LogP contribution in [0.25, 0.3) is 10.9 Å². The zero-order valence-corrected chi connectivity index (χ0v) is 22.9. The number of halogens is 2. The third-order valence-electron chi connectivity index (χ3n) is 8.44. The topological polar surface area (TPSA) is 46.7 Å². The van der Waals surface area contributed by atoms with E-state index in [1.807, 2.05) is 24.3 Å². The lowest BCUT2D eigenvalue weighted by molar-refractivity contribution is 0.127. The molecule has 7 heteroatoms. The van der Waals surface area contributed by atoms with E-state index >= 15 is 0 Å². The van der Waals surface area contributed by atoms with Crippen LogP contribution in [0.15, 0.2) is 78.9 Å². The van der Waals surface area contributed by atoms with E-state index in [2.05, 4.69) is 34.1 Å². The first-order valence-corrected chi connectivity index (χ1v) is 13.8. The predicted octanol–water partition coefficient (Wildman–Crippen LogP) is 7.29. The summed E-state index contributed by atoms with van der Waals surface area (Å²) in [5.74, 6) is 1.57. The lowest BCUT2D eigenvalue weighted by Gasteiger charge is -2.46. The molecule has 2 aliphatic heterocycles. The summed E-state index contributed by atoms with van der Waals surface area (Å²) in [4.78, 5) is 6.20. The Morgan fingerprint density at radius 3 is 2.51 bits per heavy atom. The Morgan fingerprint density at radius 2 is 1.73 bits per heavy atom. The maximum atomic E-state index is 14.0. The number of benzene rings is 4. The fourth-order valence-electron chi connectivity index (χ4n) is 6.52. The van der Waals surface area contributed by atoms with Gasteiger partial charge in [0.25, 0.3) is 0 Å². The van der Waals surface area contributed by atoms with E-state index in [1.165, 1.54) is 41.0 Å². The largest absolute Gasteiger partial charge is 0.497 e. The number of ether oxygens (including phenoxy) is 3. The Kier molecular flexibility index (Phi) is 6.39. The summed E-state index contributed by atoms with van der Waals surface area (Å²) in [6, 6.07) is 23.6. The minimum absolute atomic E-state index is 0.0641. The van der Waals surface area contributed by atoms with Crippen molar-refractivity contribution in [1.29, 1.82) is 0 Å². The average Bonchev–Trinajstić information content (AvgIpc) is 3.36. The Balaban J connectivity index is 1.31. The van der Waals surface area contributed by atoms with Gasteiger partial charge in [-0.25, -0.2) is 8.78 Å². The molecule has 0 bridgehead atoms. The van der Waals surface area contributed by atoms with Crippen molar-refractivity contribution in [3.8, 4) is 17.2 Å². The smallest absolute Gasteiger partial charge is 0.161 e. The van der Waals surface area contributed by atoms with Crippen LogP contribution >= 0.6 is 0 Å². The normalized spacial score (nSPS) is 18.0. The Morgan fingerprint density at radius 1 is 0.878 bits per heavy atom. The van der Waals surface area contributed by atoms with Gasteiger partial charge in [-0.05, 0) is 95.3 Å². The number of nitrogens with zero attached hydrogens (tertiary/aromatic N) is 1. The monoisotopic (exact) mass is 552 g/mol. The van der Waals surface area contributed by atoms with Gasteiger partial charge in [-0.3, -0.25) is 4.90 Å². The highest BCUT2D eigenvalue weighted by molar-refractivity contribution is 5.87. The average molecular weight is 553 g/mol. The van der Waals surface area contributed by atoms with Gasteiger partial charge in [0.1, 0.15) is 24.0 Å². The third kappa shape index (κ3) is 4.50. The van der Waals surface area contributed by atoms with E-state index in [1.54, 1.807) is 20.3 Å². The van der Waals surface area contributed by atoms with Crippen molar-refractivity contribution in [2.45, 2.75) is 31.5 Å². The maximum absolute atomic E-state index is 14.0. The van der Waals surface area contributed by atoms with Crippen molar-refractivity contribution in [3.05, 3.63) is 124 Å². The number of fused-ring (bicyclic) bond motifs is 6. The molecule has 2 unspecified atom stereocenters. The second kappa shape index (κ2) is 10.2. The Bertz CT molecular complexity index is 1750. The summed E-state index contributed by atoms with van der Waals surface area (Å²) < 4.78 is 45.2. The first-order valence-electron chi connectivity index (χ1n) is 13.8. The van der Waals surface area contributed by atoms with E-state index in [0.29, 0.717) is 11.5 Å². The van der Waals surface area contributed by atoms with E-state index in [9.17, 15) is 8.78 Å². The number of nitrogens with one attached hydrogen (secondary N) is 1. The molecule has 1 N–H and O–H groups in total. The van der Waals surface area contributed by atoms with Crippen LogP contribution in [0, 0.1) is 11.6 Å². The van der Waals surface area contributed by atoms with Crippen molar-refractivity contribution in [2.24, 2.45) is 0 Å². The first kappa shape index (κ1) is 25.6. The van der Waals surface area contributed by atoms with Crippen molar-refractivity contribution < 1.29 is 23.0 Å². The quantitative estimate of drug-likeness (QED) is 0.240. The summed E-state index contributed by atoms with van der Waals surface area (Å²) in [7, 11) is 3.32. The van der Waals surface area contributed by atoms with Gasteiger partial charge in [-0.1, -0.05) is 24.3 Å². The molecule has 0 saturated carbocycles. The number of H-pyrrole nitrogens is 1. The minimum Gasteiger partial charge on any atom is -0.497 e. The number of rotatable bonds is 6. The van der Waals surface area contributed by atoms with Crippen molar-refractivity contribution in [2.75, 3.05) is 20.8 Å². The van der Waals surface area contributed by atoms with Gasteiger partial charge in [0, 0.05) is 29.2 Å². The molecule has 3 heterocycles. The molecule has 2 atom stereocenters. The highest BCUT2D eigenvalue weighted by Crippen LogP contribution is 2.50. The van der Waals surface area contributed by atoms with Gasteiger partial charge in [-0.2, -0.15) is 0 Å². The molecule has 0 radical (unpaired) electrons. The predicted molar refractivity (Wildman–Crippen MR) is 154 cm³/mol. The van der Waals surface area contributed by atoms with Gasteiger partial charge in [0.05, 0.1) is 20.3 Å². The molecular weight excluding hydrogens is 522 g/mol. The zero-order chi connectivity index (χ0) is 28.1. The van der Waals surface area contributed by atoms with Crippen LogP contribution in [-0.4, -0.2) is 30.6 Å². The highest BCUT2D eigenvalue weighted by Gasteiger charge is 2.41. The number of methoxy groups -OCH3 is 2. The summed E-state index contributed by atoms with van der Waals surface area (Å²) >= 11 is 0. The lowest BCUT2D eigenvalue weighted by Crippen LogP contribution is -2.43. The Hall–Kier alpha value is -4.36.